The van der Waals surface area contributed by atoms with E-state index in [1.807, 2.05) is 24.3 Å². The van der Waals surface area contributed by atoms with Crippen LogP contribution in [0, 0.1) is 17.1 Å². The molecule has 0 saturated carbocycles. The summed E-state index contributed by atoms with van der Waals surface area (Å²) in [5, 5.41) is 12.8. The monoisotopic (exact) mass is 477 g/mol. The first-order chi connectivity index (χ1) is 16.0. The van der Waals surface area contributed by atoms with E-state index in [0.717, 1.165) is 17.3 Å². The van der Waals surface area contributed by atoms with Gasteiger partial charge in [-0.2, -0.15) is 5.26 Å². The van der Waals surface area contributed by atoms with E-state index in [0.29, 0.717) is 22.8 Å². The molecule has 1 heterocycles. The fourth-order valence-electron chi connectivity index (χ4n) is 3.36. The maximum atomic E-state index is 13.5. The summed E-state index contributed by atoms with van der Waals surface area (Å²) in [5.41, 5.74) is 1.59. The van der Waals surface area contributed by atoms with Gasteiger partial charge in [0, 0.05) is 16.4 Å². The number of carbonyl (C=O) groups is 2. The summed E-state index contributed by atoms with van der Waals surface area (Å²) in [6.45, 7) is 0. The van der Waals surface area contributed by atoms with Crippen LogP contribution in [0.25, 0.3) is 0 Å². The van der Waals surface area contributed by atoms with Crippen molar-refractivity contribution < 1.29 is 14.0 Å². The number of para-hydroxylation sites is 1. The maximum Gasteiger partial charge on any atom is 0.269 e. The second kappa shape index (κ2) is 9.90. The van der Waals surface area contributed by atoms with Crippen LogP contribution in [0.5, 0.6) is 0 Å². The first-order valence-electron chi connectivity index (χ1n) is 9.97. The second-order valence-corrected chi connectivity index (χ2v) is 8.83. The van der Waals surface area contributed by atoms with Crippen molar-refractivity contribution in [2.45, 2.75) is 11.7 Å². The lowest BCUT2D eigenvalue weighted by Crippen LogP contribution is -2.30. The highest BCUT2D eigenvalue weighted by molar-refractivity contribution is 8.05. The van der Waals surface area contributed by atoms with Crippen molar-refractivity contribution in [1.29, 1.82) is 5.26 Å². The highest BCUT2D eigenvalue weighted by atomic mass is 35.5. The van der Waals surface area contributed by atoms with Gasteiger partial charge < -0.3 is 5.32 Å². The fourth-order valence-corrected chi connectivity index (χ4v) is 4.80. The molecule has 0 bridgehead atoms. The van der Waals surface area contributed by atoms with E-state index in [1.54, 1.807) is 36.4 Å². The Bertz CT molecular complexity index is 1260. The van der Waals surface area contributed by atoms with Gasteiger partial charge in [-0.15, -0.1) is 0 Å². The molecule has 3 aromatic rings. The van der Waals surface area contributed by atoms with E-state index in [2.05, 4.69) is 5.32 Å². The molecule has 1 atom stereocenters. The van der Waals surface area contributed by atoms with Crippen LogP contribution < -0.4 is 10.2 Å². The third kappa shape index (κ3) is 5.08. The average molecular weight is 478 g/mol. The molecule has 2 amide bonds. The molecule has 0 radical (unpaired) electrons. The third-order valence-corrected chi connectivity index (χ3v) is 6.47. The van der Waals surface area contributed by atoms with Crippen molar-refractivity contribution in [2.75, 3.05) is 10.2 Å². The molecule has 1 fully saturated rings. The largest absolute Gasteiger partial charge is 0.321 e. The molecule has 0 spiro atoms. The van der Waals surface area contributed by atoms with Gasteiger partial charge in [0.25, 0.3) is 5.91 Å². The van der Waals surface area contributed by atoms with Gasteiger partial charge in [0.1, 0.15) is 22.5 Å². The summed E-state index contributed by atoms with van der Waals surface area (Å²) in [6.07, 6.45) is 0.376. The summed E-state index contributed by atoms with van der Waals surface area (Å²) in [4.78, 5) is 27.7. The summed E-state index contributed by atoms with van der Waals surface area (Å²) in [6, 6.07) is 23.2. The van der Waals surface area contributed by atoms with Crippen molar-refractivity contribution in [3.8, 4) is 6.07 Å². The van der Waals surface area contributed by atoms with Crippen molar-refractivity contribution >= 4 is 46.6 Å². The van der Waals surface area contributed by atoms with E-state index in [-0.39, 0.29) is 16.5 Å². The minimum atomic E-state index is -0.627. The van der Waals surface area contributed by atoms with Crippen LogP contribution in [-0.2, 0) is 16.0 Å². The summed E-state index contributed by atoms with van der Waals surface area (Å²) >= 11 is 7.10. The molecule has 3 aromatic carbocycles. The van der Waals surface area contributed by atoms with Gasteiger partial charge in [0.15, 0.2) is 0 Å². The number of nitrogens with one attached hydrogen (secondary N) is 1. The molecule has 1 aliphatic rings. The molecule has 1 saturated heterocycles. The number of halogens is 2. The molecular formula is C25H17ClFN3O2S. The molecule has 4 rings (SSSR count). The number of carbonyl (C=O) groups excluding carboxylic acids is 2. The molecule has 0 aliphatic carbocycles. The first kappa shape index (κ1) is 22.6. The van der Waals surface area contributed by atoms with Gasteiger partial charge in [0.05, 0.1) is 5.25 Å². The van der Waals surface area contributed by atoms with E-state index in [4.69, 9.17) is 11.6 Å². The molecule has 0 aromatic heterocycles. The van der Waals surface area contributed by atoms with Gasteiger partial charge in [-0.05, 0) is 60.5 Å². The van der Waals surface area contributed by atoms with Crippen LogP contribution in [0.4, 0.5) is 15.8 Å². The third-order valence-electron chi connectivity index (χ3n) is 4.96. The Balaban J connectivity index is 1.72. The lowest BCUT2D eigenvalue weighted by atomic mass is 10.1. The summed E-state index contributed by atoms with van der Waals surface area (Å²) in [5.74, 6) is -1.38. The Hall–Kier alpha value is -3.60. The zero-order valence-electron chi connectivity index (χ0n) is 17.2. The number of anilines is 2. The number of benzene rings is 3. The molecule has 164 valence electrons. The number of nitriles is 1. The maximum absolute atomic E-state index is 13.5. The van der Waals surface area contributed by atoms with Crippen LogP contribution >= 0.6 is 23.4 Å². The topological polar surface area (TPSA) is 73.2 Å². The molecule has 8 heteroatoms. The Morgan fingerprint density at radius 3 is 2.36 bits per heavy atom. The van der Waals surface area contributed by atoms with Crippen molar-refractivity contribution in [3.63, 3.8) is 0 Å². The zero-order chi connectivity index (χ0) is 23.4. The predicted molar refractivity (Wildman–Crippen MR) is 128 cm³/mol. The van der Waals surface area contributed by atoms with E-state index in [9.17, 15) is 19.2 Å². The van der Waals surface area contributed by atoms with Crippen LogP contribution in [0.3, 0.4) is 0 Å². The van der Waals surface area contributed by atoms with Crippen LogP contribution in [-0.4, -0.2) is 17.1 Å². The van der Waals surface area contributed by atoms with Gasteiger partial charge in [-0.3, -0.25) is 14.5 Å². The molecule has 33 heavy (non-hydrogen) atoms. The van der Waals surface area contributed by atoms with Crippen LogP contribution in [0.2, 0.25) is 5.02 Å². The van der Waals surface area contributed by atoms with E-state index < -0.39 is 17.0 Å². The normalized spacial score (nSPS) is 16.9. The molecule has 5 nitrogen and oxygen atoms in total. The van der Waals surface area contributed by atoms with Crippen molar-refractivity contribution in [2.24, 2.45) is 0 Å². The van der Waals surface area contributed by atoms with Crippen LogP contribution in [0.15, 0.2) is 89.5 Å². The number of hydrogen-bond acceptors (Lipinski definition) is 4. The quantitative estimate of drug-likeness (QED) is 0.386. The van der Waals surface area contributed by atoms with E-state index in [1.165, 1.54) is 29.2 Å². The van der Waals surface area contributed by atoms with Gasteiger partial charge >= 0.3 is 0 Å². The molecule has 0 unspecified atom stereocenters. The highest BCUT2D eigenvalue weighted by Crippen LogP contribution is 2.42. The number of rotatable bonds is 5. The minimum Gasteiger partial charge on any atom is -0.321 e. The van der Waals surface area contributed by atoms with Crippen molar-refractivity contribution in [1.82, 2.24) is 0 Å². The number of nitrogens with zero attached hydrogens (tertiary/aromatic N) is 2. The Labute approximate surface area is 199 Å². The number of hydrogen-bond donors (Lipinski definition) is 1. The lowest BCUT2D eigenvalue weighted by Gasteiger charge is -2.18. The van der Waals surface area contributed by atoms with Gasteiger partial charge in [-0.1, -0.05) is 53.7 Å². The standard InChI is InChI=1S/C25H17ClFN3O2S/c26-17-8-6-16(7-9-17)14-22-24(32)30(20-12-10-18(27)11-13-20)25(33-22)21(15-28)23(31)29-19-4-2-1-3-5-19/h1-13,22H,14H2,(H,29,31)/b25-21-/t22-/m0/s1. The molecule has 1 aliphatic heterocycles. The second-order valence-electron chi connectivity index (χ2n) is 7.20. The van der Waals surface area contributed by atoms with Gasteiger partial charge in [-0.25, -0.2) is 4.39 Å². The minimum absolute atomic E-state index is 0.194. The highest BCUT2D eigenvalue weighted by Gasteiger charge is 2.40. The Morgan fingerprint density at radius 2 is 1.73 bits per heavy atom. The molecule has 1 N–H and O–H groups in total. The van der Waals surface area contributed by atoms with Crippen molar-refractivity contribution in [3.05, 3.63) is 106 Å². The fraction of sp³-hybridized carbons (Fsp3) is 0.0800. The molecular weight excluding hydrogens is 461 g/mol. The van der Waals surface area contributed by atoms with E-state index >= 15 is 0 Å². The first-order valence-corrected chi connectivity index (χ1v) is 11.2. The number of thioether (sulfide) groups is 1. The number of amides is 2. The average Bonchev–Trinajstić information content (AvgIpc) is 3.12. The smallest absolute Gasteiger partial charge is 0.269 e. The zero-order valence-corrected chi connectivity index (χ0v) is 18.7. The Morgan fingerprint density at radius 1 is 1.06 bits per heavy atom. The Kier molecular flexibility index (Phi) is 6.78. The lowest BCUT2D eigenvalue weighted by molar-refractivity contribution is -0.117. The summed E-state index contributed by atoms with van der Waals surface area (Å²) in [7, 11) is 0. The predicted octanol–water partition coefficient (Wildman–Crippen LogP) is 5.54. The van der Waals surface area contributed by atoms with Gasteiger partial charge in [0.2, 0.25) is 5.91 Å². The van der Waals surface area contributed by atoms with Crippen LogP contribution in [0.1, 0.15) is 5.56 Å². The summed E-state index contributed by atoms with van der Waals surface area (Å²) < 4.78 is 13.5. The SMILES string of the molecule is N#C/C(C(=O)Nc1ccccc1)=C1/S[C@@H](Cc2ccc(Cl)cc2)C(=O)N1c1ccc(F)cc1.